The zero-order valence-electron chi connectivity index (χ0n) is 11.5. The molecule has 4 heteroatoms. The maximum Gasteiger partial charge on any atom is 0.254 e. The number of phenolic OH excluding ortho intramolecular Hbond substituents is 1. The van der Waals surface area contributed by atoms with Crippen molar-refractivity contribution < 1.29 is 14.6 Å². The average Bonchev–Trinajstić information content (AvgIpc) is 2.47. The quantitative estimate of drug-likeness (QED) is 0.930. The number of rotatable bonds is 4. The number of methoxy groups -OCH3 is 1. The van der Waals surface area contributed by atoms with Crippen molar-refractivity contribution in [3.8, 4) is 11.5 Å². The predicted molar refractivity (Wildman–Crippen MR) is 76.9 cm³/mol. The van der Waals surface area contributed by atoms with Crippen LogP contribution in [0.25, 0.3) is 0 Å². The van der Waals surface area contributed by atoms with Gasteiger partial charge in [-0.15, -0.1) is 0 Å². The standard InChI is InChI=1S/C16H17NO3/c1-17(11-13-6-3-4-9-15(13)20-2)16(19)12-7-5-8-14(18)10-12/h3-10,18H,11H2,1-2H3. The lowest BCUT2D eigenvalue weighted by Gasteiger charge is -2.19. The molecule has 0 aliphatic heterocycles. The number of hydrogen-bond acceptors (Lipinski definition) is 3. The van der Waals surface area contributed by atoms with Gasteiger partial charge in [0.15, 0.2) is 0 Å². The molecule has 0 heterocycles. The first-order chi connectivity index (χ1) is 9.61. The molecule has 0 spiro atoms. The first-order valence-electron chi connectivity index (χ1n) is 6.28. The molecular weight excluding hydrogens is 254 g/mol. The first kappa shape index (κ1) is 13.9. The molecule has 20 heavy (non-hydrogen) atoms. The maximum absolute atomic E-state index is 12.3. The summed E-state index contributed by atoms with van der Waals surface area (Å²) in [6.45, 7) is 0.443. The van der Waals surface area contributed by atoms with Gasteiger partial charge in [-0.1, -0.05) is 24.3 Å². The van der Waals surface area contributed by atoms with Crippen molar-refractivity contribution in [2.24, 2.45) is 0 Å². The summed E-state index contributed by atoms with van der Waals surface area (Å²) in [5.41, 5.74) is 1.40. The zero-order valence-corrected chi connectivity index (χ0v) is 11.5. The summed E-state index contributed by atoms with van der Waals surface area (Å²) in [4.78, 5) is 13.9. The Kier molecular flexibility index (Phi) is 4.25. The number of amides is 1. The second-order valence-electron chi connectivity index (χ2n) is 4.52. The average molecular weight is 271 g/mol. The van der Waals surface area contributed by atoms with Crippen LogP contribution in [0.15, 0.2) is 48.5 Å². The van der Waals surface area contributed by atoms with E-state index in [1.807, 2.05) is 24.3 Å². The van der Waals surface area contributed by atoms with E-state index in [1.165, 1.54) is 12.1 Å². The van der Waals surface area contributed by atoms with Crippen LogP contribution >= 0.6 is 0 Å². The molecule has 1 amide bonds. The van der Waals surface area contributed by atoms with E-state index in [0.29, 0.717) is 12.1 Å². The SMILES string of the molecule is COc1ccccc1CN(C)C(=O)c1cccc(O)c1. The molecule has 1 N–H and O–H groups in total. The van der Waals surface area contributed by atoms with Crippen LogP contribution in [0.4, 0.5) is 0 Å². The highest BCUT2D eigenvalue weighted by molar-refractivity contribution is 5.94. The minimum atomic E-state index is -0.146. The van der Waals surface area contributed by atoms with Gasteiger partial charge in [-0.3, -0.25) is 4.79 Å². The number of ether oxygens (including phenoxy) is 1. The Morgan fingerprint density at radius 2 is 1.95 bits per heavy atom. The monoisotopic (exact) mass is 271 g/mol. The van der Waals surface area contributed by atoms with E-state index in [1.54, 1.807) is 31.2 Å². The van der Waals surface area contributed by atoms with Gasteiger partial charge in [-0.25, -0.2) is 0 Å². The Morgan fingerprint density at radius 1 is 1.20 bits per heavy atom. The van der Waals surface area contributed by atoms with E-state index >= 15 is 0 Å². The Hall–Kier alpha value is -2.49. The summed E-state index contributed by atoms with van der Waals surface area (Å²) in [6.07, 6.45) is 0. The van der Waals surface area contributed by atoms with Crippen molar-refractivity contribution >= 4 is 5.91 Å². The van der Waals surface area contributed by atoms with Gasteiger partial charge in [0, 0.05) is 24.7 Å². The molecule has 2 aromatic carbocycles. The fourth-order valence-corrected chi connectivity index (χ4v) is 2.02. The van der Waals surface area contributed by atoms with Crippen molar-refractivity contribution in [2.75, 3.05) is 14.2 Å². The molecule has 104 valence electrons. The van der Waals surface area contributed by atoms with Crippen LogP contribution in [-0.2, 0) is 6.54 Å². The summed E-state index contributed by atoms with van der Waals surface area (Å²) < 4.78 is 5.27. The lowest BCUT2D eigenvalue weighted by molar-refractivity contribution is 0.0784. The van der Waals surface area contributed by atoms with Crippen molar-refractivity contribution in [1.29, 1.82) is 0 Å². The van der Waals surface area contributed by atoms with Crippen LogP contribution < -0.4 is 4.74 Å². The minimum Gasteiger partial charge on any atom is -0.508 e. The van der Waals surface area contributed by atoms with Crippen molar-refractivity contribution in [1.82, 2.24) is 4.90 Å². The van der Waals surface area contributed by atoms with Gasteiger partial charge in [-0.05, 0) is 24.3 Å². The highest BCUT2D eigenvalue weighted by Crippen LogP contribution is 2.20. The molecular formula is C16H17NO3. The summed E-state index contributed by atoms with van der Waals surface area (Å²) in [5, 5.41) is 9.42. The fraction of sp³-hybridized carbons (Fsp3) is 0.188. The minimum absolute atomic E-state index is 0.0848. The largest absolute Gasteiger partial charge is 0.508 e. The number of hydrogen-bond donors (Lipinski definition) is 1. The normalized spacial score (nSPS) is 10.1. The highest BCUT2D eigenvalue weighted by Gasteiger charge is 2.14. The fourth-order valence-electron chi connectivity index (χ4n) is 2.02. The number of para-hydroxylation sites is 1. The molecule has 4 nitrogen and oxygen atoms in total. The third-order valence-electron chi connectivity index (χ3n) is 3.04. The Morgan fingerprint density at radius 3 is 2.65 bits per heavy atom. The molecule has 0 unspecified atom stereocenters. The van der Waals surface area contributed by atoms with Gasteiger partial charge in [0.2, 0.25) is 0 Å². The van der Waals surface area contributed by atoms with Crippen molar-refractivity contribution in [3.05, 3.63) is 59.7 Å². The van der Waals surface area contributed by atoms with E-state index in [2.05, 4.69) is 0 Å². The number of aromatic hydroxyl groups is 1. The number of carbonyl (C=O) groups excluding carboxylic acids is 1. The Labute approximate surface area is 118 Å². The number of nitrogens with zero attached hydrogens (tertiary/aromatic N) is 1. The Balaban J connectivity index is 2.15. The topological polar surface area (TPSA) is 49.8 Å². The smallest absolute Gasteiger partial charge is 0.254 e. The maximum atomic E-state index is 12.3. The zero-order chi connectivity index (χ0) is 14.5. The second kappa shape index (κ2) is 6.10. The van der Waals surface area contributed by atoms with Crippen LogP contribution in [-0.4, -0.2) is 30.1 Å². The molecule has 0 fully saturated rings. The number of phenols is 1. The summed E-state index contributed by atoms with van der Waals surface area (Å²) in [7, 11) is 3.33. The van der Waals surface area contributed by atoms with Crippen molar-refractivity contribution in [3.63, 3.8) is 0 Å². The highest BCUT2D eigenvalue weighted by atomic mass is 16.5. The molecule has 2 rings (SSSR count). The molecule has 2 aromatic rings. The molecule has 0 aromatic heterocycles. The molecule has 0 saturated carbocycles. The first-order valence-corrected chi connectivity index (χ1v) is 6.28. The van der Waals surface area contributed by atoms with Crippen LogP contribution in [0.3, 0.4) is 0 Å². The van der Waals surface area contributed by atoms with Gasteiger partial charge in [0.1, 0.15) is 11.5 Å². The molecule has 0 radical (unpaired) electrons. The van der Waals surface area contributed by atoms with Gasteiger partial charge in [0.05, 0.1) is 7.11 Å². The van der Waals surface area contributed by atoms with Crippen LogP contribution in [0.2, 0.25) is 0 Å². The summed E-state index contributed by atoms with van der Waals surface area (Å²) in [5.74, 6) is 0.691. The second-order valence-corrected chi connectivity index (χ2v) is 4.52. The van der Waals surface area contributed by atoms with E-state index in [4.69, 9.17) is 4.74 Å². The molecule has 0 atom stereocenters. The summed E-state index contributed by atoms with van der Waals surface area (Å²) >= 11 is 0. The predicted octanol–water partition coefficient (Wildman–Crippen LogP) is 2.67. The van der Waals surface area contributed by atoms with Gasteiger partial charge < -0.3 is 14.7 Å². The number of carbonyl (C=O) groups is 1. The van der Waals surface area contributed by atoms with E-state index < -0.39 is 0 Å². The van der Waals surface area contributed by atoms with Gasteiger partial charge in [-0.2, -0.15) is 0 Å². The van der Waals surface area contributed by atoms with E-state index in [9.17, 15) is 9.90 Å². The Bertz CT molecular complexity index is 610. The number of benzene rings is 2. The molecule has 0 bridgehead atoms. The lowest BCUT2D eigenvalue weighted by Crippen LogP contribution is -2.26. The van der Waals surface area contributed by atoms with Gasteiger partial charge >= 0.3 is 0 Å². The molecule has 0 aliphatic carbocycles. The van der Waals surface area contributed by atoms with Gasteiger partial charge in [0.25, 0.3) is 5.91 Å². The van der Waals surface area contributed by atoms with E-state index in [-0.39, 0.29) is 11.7 Å². The van der Waals surface area contributed by atoms with Crippen molar-refractivity contribution in [2.45, 2.75) is 6.54 Å². The molecule has 0 aliphatic rings. The third-order valence-corrected chi connectivity index (χ3v) is 3.04. The van der Waals surface area contributed by atoms with Crippen LogP contribution in [0.1, 0.15) is 15.9 Å². The summed E-state index contributed by atoms with van der Waals surface area (Å²) in [6, 6.07) is 13.9. The van der Waals surface area contributed by atoms with Crippen LogP contribution in [0.5, 0.6) is 11.5 Å². The lowest BCUT2D eigenvalue weighted by atomic mass is 10.1. The molecule has 0 saturated heterocycles. The van der Waals surface area contributed by atoms with Crippen LogP contribution in [0, 0.1) is 0 Å². The third kappa shape index (κ3) is 3.09. The van der Waals surface area contributed by atoms with E-state index in [0.717, 1.165) is 11.3 Å².